The second-order valence-electron chi connectivity index (χ2n) is 15.8. The van der Waals surface area contributed by atoms with Crippen LogP contribution in [0.15, 0.2) is 132 Å². The normalized spacial score (nSPS) is 19.4. The number of allylic oxidation sites excluding steroid dienone is 12. The average Bonchev–Trinajstić information content (AvgIpc) is 3.87. The van der Waals surface area contributed by atoms with E-state index in [4.69, 9.17) is 14.2 Å². The number of rotatable bonds is 26. The van der Waals surface area contributed by atoms with E-state index in [9.17, 15) is 23.1 Å². The minimum atomic E-state index is -4.08. The number of alkyl carbamates (subject to hydrolysis) is 1. The van der Waals surface area contributed by atoms with Gasteiger partial charge in [0.15, 0.2) is 0 Å². The number of hydrogen-bond donors (Lipinski definition) is 3. The number of benzene rings is 2. The van der Waals surface area contributed by atoms with Crippen molar-refractivity contribution >= 4 is 27.7 Å². The molecule has 2 heterocycles. The molecule has 2 aromatic rings. The minimum Gasteiger partial charge on any atom is -0.443 e. The average molecular weight is 858 g/mol. The van der Waals surface area contributed by atoms with Crippen molar-refractivity contribution in [1.82, 2.24) is 9.62 Å². The number of hydrogen-bond acceptors (Lipinski definition) is 8. The minimum absolute atomic E-state index is 0.0258. The molecular formula is C49H67N3O8S. The van der Waals surface area contributed by atoms with Crippen LogP contribution in [0.3, 0.4) is 0 Å². The molecule has 0 radical (unpaired) electrons. The molecule has 2 aliphatic heterocycles. The summed E-state index contributed by atoms with van der Waals surface area (Å²) in [5.41, 5.74) is 1.34. The first-order valence-corrected chi connectivity index (χ1v) is 23.2. The molecule has 4 rings (SSSR count). The Balaban J connectivity index is 1.22. The maximum atomic E-state index is 14.0. The van der Waals surface area contributed by atoms with Gasteiger partial charge in [-0.3, -0.25) is 4.79 Å². The number of amides is 2. The van der Waals surface area contributed by atoms with Gasteiger partial charge in [0.25, 0.3) is 0 Å². The zero-order chi connectivity index (χ0) is 43.7. The maximum Gasteiger partial charge on any atom is 0.407 e. The number of nitrogens with one attached hydrogen (secondary N) is 2. The van der Waals surface area contributed by atoms with E-state index in [0.717, 1.165) is 44.1 Å². The number of aliphatic hydroxyl groups excluding tert-OH is 1. The molecule has 0 spiro atoms. The Kier molecular flexibility index (Phi) is 22.0. The highest BCUT2D eigenvalue weighted by Crippen LogP contribution is 2.29. The zero-order valence-electron chi connectivity index (χ0n) is 36.1. The third kappa shape index (κ3) is 18.1. The van der Waals surface area contributed by atoms with Crippen molar-refractivity contribution < 1.29 is 37.3 Å². The summed E-state index contributed by atoms with van der Waals surface area (Å²) in [4.78, 5) is 25.9. The Morgan fingerprint density at radius 1 is 0.803 bits per heavy atom. The molecule has 2 aromatic carbocycles. The van der Waals surface area contributed by atoms with Crippen LogP contribution in [0.4, 0.5) is 10.5 Å². The molecule has 3 N–H and O–H groups in total. The number of aliphatic hydroxyl groups is 1. The molecule has 2 amide bonds. The number of ether oxygens (including phenoxy) is 3. The number of carbonyl (C=O) groups excluding carboxylic acids is 2. The predicted molar refractivity (Wildman–Crippen MR) is 244 cm³/mol. The van der Waals surface area contributed by atoms with Crippen molar-refractivity contribution in [3.8, 4) is 0 Å². The number of anilines is 1. The fourth-order valence-electron chi connectivity index (χ4n) is 6.96. The first-order valence-electron chi connectivity index (χ1n) is 21.7. The molecule has 2 aliphatic rings. The van der Waals surface area contributed by atoms with Gasteiger partial charge < -0.3 is 30.0 Å². The van der Waals surface area contributed by atoms with Crippen LogP contribution in [0.5, 0.6) is 0 Å². The highest BCUT2D eigenvalue weighted by atomic mass is 32.2. The molecule has 61 heavy (non-hydrogen) atoms. The number of carbonyl (C=O) groups is 2. The van der Waals surface area contributed by atoms with Crippen LogP contribution in [0.2, 0.25) is 0 Å². The van der Waals surface area contributed by atoms with E-state index in [1.54, 1.807) is 12.1 Å². The van der Waals surface area contributed by atoms with Crippen LogP contribution in [0.25, 0.3) is 0 Å². The highest BCUT2D eigenvalue weighted by molar-refractivity contribution is 7.89. The maximum absolute atomic E-state index is 14.0. The molecule has 2 fully saturated rings. The third-order valence-corrected chi connectivity index (χ3v) is 12.1. The third-order valence-electron chi connectivity index (χ3n) is 10.2. The van der Waals surface area contributed by atoms with Crippen LogP contribution < -0.4 is 10.6 Å². The summed E-state index contributed by atoms with van der Waals surface area (Å²) in [5, 5.41) is 17.3. The van der Waals surface area contributed by atoms with Gasteiger partial charge in [-0.1, -0.05) is 124 Å². The molecular weight excluding hydrogens is 791 g/mol. The van der Waals surface area contributed by atoms with Gasteiger partial charge in [0.2, 0.25) is 15.9 Å². The van der Waals surface area contributed by atoms with E-state index in [1.807, 2.05) is 56.3 Å². The lowest BCUT2D eigenvalue weighted by atomic mass is 10.0. The van der Waals surface area contributed by atoms with Crippen molar-refractivity contribution in [3.63, 3.8) is 0 Å². The van der Waals surface area contributed by atoms with Crippen molar-refractivity contribution in [2.24, 2.45) is 11.8 Å². The molecule has 332 valence electrons. The molecule has 5 atom stereocenters. The SMILES string of the molecule is CC/C=C\C/C=C\C/C=C\C/C=C\C/C=C\C/C=C\CCC(=O)Nc1ccc(S(=O)(=O)N(CC(C)C)C[C@@H](O)[C@H](Cc2ccccc2)NC(=O)O[C@H]2CO[C@H]3COC[C@H]32)cc1. The number of fused-ring (bicyclic) bond motifs is 1. The van der Waals surface area contributed by atoms with Gasteiger partial charge in [-0.25, -0.2) is 13.2 Å². The van der Waals surface area contributed by atoms with Crippen LogP contribution in [0.1, 0.15) is 77.7 Å². The summed E-state index contributed by atoms with van der Waals surface area (Å²) in [7, 11) is -4.08. The van der Waals surface area contributed by atoms with E-state index in [0.29, 0.717) is 25.3 Å². The van der Waals surface area contributed by atoms with Gasteiger partial charge in [-0.2, -0.15) is 4.31 Å². The van der Waals surface area contributed by atoms with Crippen LogP contribution >= 0.6 is 0 Å². The fraction of sp³-hybridized carbons (Fsp3) is 0.469. The monoisotopic (exact) mass is 857 g/mol. The summed E-state index contributed by atoms with van der Waals surface area (Å²) in [5.74, 6) is -0.286. The van der Waals surface area contributed by atoms with E-state index in [2.05, 4.69) is 78.3 Å². The largest absolute Gasteiger partial charge is 0.443 e. The van der Waals surface area contributed by atoms with Gasteiger partial charge >= 0.3 is 6.09 Å². The van der Waals surface area contributed by atoms with E-state index < -0.39 is 34.4 Å². The van der Waals surface area contributed by atoms with E-state index >= 15 is 0 Å². The van der Waals surface area contributed by atoms with Gasteiger partial charge in [-0.15, -0.1) is 0 Å². The van der Waals surface area contributed by atoms with Crippen LogP contribution in [-0.2, 0) is 35.4 Å². The Labute approximate surface area is 364 Å². The highest BCUT2D eigenvalue weighted by Gasteiger charge is 2.44. The summed E-state index contributed by atoms with van der Waals surface area (Å²) in [6.45, 7) is 6.98. The molecule has 0 aromatic heterocycles. The molecule has 0 bridgehead atoms. The van der Waals surface area contributed by atoms with Crippen molar-refractivity contribution in [2.75, 3.05) is 38.2 Å². The first kappa shape index (κ1) is 49.1. The number of nitrogens with zero attached hydrogens (tertiary/aromatic N) is 1. The second kappa shape index (κ2) is 27.4. The summed E-state index contributed by atoms with van der Waals surface area (Å²) in [6.07, 6.45) is 29.9. The lowest BCUT2D eigenvalue weighted by Crippen LogP contribution is -2.51. The molecule has 0 unspecified atom stereocenters. The molecule has 0 saturated carbocycles. The molecule has 12 heteroatoms. The van der Waals surface area contributed by atoms with Gasteiger partial charge in [-0.05, 0) is 87.1 Å². The van der Waals surface area contributed by atoms with E-state index in [1.165, 1.54) is 16.4 Å². The van der Waals surface area contributed by atoms with Gasteiger partial charge in [0.05, 0.1) is 48.9 Å². The second-order valence-corrected chi connectivity index (χ2v) is 17.7. The summed E-state index contributed by atoms with van der Waals surface area (Å²) >= 11 is 0. The topological polar surface area (TPSA) is 144 Å². The predicted octanol–water partition coefficient (Wildman–Crippen LogP) is 8.86. The number of sulfonamides is 1. The van der Waals surface area contributed by atoms with Gasteiger partial charge in [0, 0.05) is 25.2 Å². The van der Waals surface area contributed by atoms with Crippen LogP contribution in [-0.4, -0.2) is 87.1 Å². The van der Waals surface area contributed by atoms with Crippen molar-refractivity contribution in [1.29, 1.82) is 0 Å². The quantitative estimate of drug-likeness (QED) is 0.0797. The molecule has 11 nitrogen and oxygen atoms in total. The first-order chi connectivity index (χ1) is 29.6. The smallest absolute Gasteiger partial charge is 0.407 e. The summed E-state index contributed by atoms with van der Waals surface area (Å²) in [6, 6.07) is 14.5. The van der Waals surface area contributed by atoms with Crippen molar-refractivity contribution in [3.05, 3.63) is 133 Å². The molecule has 2 saturated heterocycles. The van der Waals surface area contributed by atoms with Crippen molar-refractivity contribution in [2.45, 2.75) is 108 Å². The Morgan fingerprint density at radius 3 is 1.98 bits per heavy atom. The van der Waals surface area contributed by atoms with Gasteiger partial charge in [0.1, 0.15) is 6.10 Å². The Bertz CT molecular complexity index is 1890. The van der Waals surface area contributed by atoms with E-state index in [-0.39, 0.29) is 61.3 Å². The molecule has 0 aliphatic carbocycles. The Morgan fingerprint density at radius 2 is 1.39 bits per heavy atom. The standard InChI is InChI=1S/C49H67N3O8S/c1-4-5-6-7-8-9-10-11-12-13-14-15-16-17-18-19-20-21-25-28-48(54)50-41-29-31-42(32-30-41)61(56,57)52(34-39(2)3)35-45(53)44(33-40-26-23-22-24-27-40)51-49(55)60-47-38-59-46-37-58-36-43(46)47/h5-6,8-9,11-12,14-15,17-18,20-24,26-27,29-32,39,43-47,53H,4,7,10,13,16,19,25,28,33-38H2,1-3H3,(H,50,54)(H,51,55)/b6-5-,9-8-,12-11-,15-14-,18-17-,21-20-/t43-,44+,45-,46+,47+/m1/s1. The summed E-state index contributed by atoms with van der Waals surface area (Å²) < 4.78 is 46.2. The lowest BCUT2D eigenvalue weighted by molar-refractivity contribution is -0.116. The van der Waals surface area contributed by atoms with Crippen LogP contribution in [0, 0.1) is 11.8 Å². The Hall–Kier alpha value is -4.59. The zero-order valence-corrected chi connectivity index (χ0v) is 37.0. The fourth-order valence-corrected chi connectivity index (χ4v) is 8.58. The lowest BCUT2D eigenvalue weighted by Gasteiger charge is -2.31.